The standard InChI is InChI=1S/C21H20Cl2N4S/c22-16-3-1-15(17(23)8-16)2-4-18-26-27-19(24-25-20(27)28-18)21-9-12-5-13(10-21)7-14(6-12)11-21/h1-4,8,12-14H,5-7,9-11H2. The Morgan fingerprint density at radius 2 is 1.71 bits per heavy atom. The van der Waals surface area contributed by atoms with Gasteiger partial charge in [-0.2, -0.15) is 9.61 Å². The Hall–Kier alpha value is -1.43. The van der Waals surface area contributed by atoms with Crippen LogP contribution in [0.2, 0.25) is 10.0 Å². The summed E-state index contributed by atoms with van der Waals surface area (Å²) in [4.78, 5) is 0.882. The molecule has 3 aromatic rings. The molecule has 28 heavy (non-hydrogen) atoms. The van der Waals surface area contributed by atoms with E-state index in [1.165, 1.54) is 38.5 Å². The summed E-state index contributed by atoms with van der Waals surface area (Å²) in [5, 5.41) is 16.1. The van der Waals surface area contributed by atoms with Gasteiger partial charge in [0.15, 0.2) is 5.82 Å². The first kappa shape index (κ1) is 17.4. The summed E-state index contributed by atoms with van der Waals surface area (Å²) in [5.41, 5.74) is 1.13. The molecule has 0 N–H and O–H groups in total. The van der Waals surface area contributed by atoms with E-state index in [2.05, 4.69) is 10.2 Å². The van der Waals surface area contributed by atoms with Crippen molar-refractivity contribution in [3.8, 4) is 0 Å². The summed E-state index contributed by atoms with van der Waals surface area (Å²) in [6.45, 7) is 0. The topological polar surface area (TPSA) is 43.1 Å². The fourth-order valence-electron chi connectivity index (χ4n) is 6.21. The minimum Gasteiger partial charge on any atom is -0.186 e. The van der Waals surface area contributed by atoms with E-state index in [0.29, 0.717) is 10.0 Å². The zero-order valence-corrected chi connectivity index (χ0v) is 17.6. The Morgan fingerprint density at radius 1 is 1.00 bits per heavy atom. The molecule has 0 radical (unpaired) electrons. The van der Waals surface area contributed by atoms with E-state index in [0.717, 1.165) is 39.1 Å². The highest BCUT2D eigenvalue weighted by Gasteiger charge is 2.54. The third kappa shape index (κ3) is 2.74. The number of benzene rings is 1. The molecule has 4 bridgehead atoms. The van der Waals surface area contributed by atoms with E-state index in [4.69, 9.17) is 28.3 Å². The van der Waals surface area contributed by atoms with Gasteiger partial charge in [-0.15, -0.1) is 10.2 Å². The van der Waals surface area contributed by atoms with E-state index >= 15 is 0 Å². The predicted octanol–water partition coefficient (Wildman–Crippen LogP) is 6.13. The average molecular weight is 431 g/mol. The molecular weight excluding hydrogens is 411 g/mol. The van der Waals surface area contributed by atoms with Gasteiger partial charge in [0.1, 0.15) is 5.01 Å². The van der Waals surface area contributed by atoms with Crippen molar-refractivity contribution in [2.45, 2.75) is 43.9 Å². The van der Waals surface area contributed by atoms with Crippen LogP contribution >= 0.6 is 34.5 Å². The number of hydrogen-bond acceptors (Lipinski definition) is 4. The molecular formula is C21H20Cl2N4S. The molecule has 0 saturated heterocycles. The van der Waals surface area contributed by atoms with Crippen molar-refractivity contribution >= 4 is 51.7 Å². The van der Waals surface area contributed by atoms with Crippen LogP contribution in [0.5, 0.6) is 0 Å². The number of hydrogen-bond donors (Lipinski definition) is 0. The molecule has 2 heterocycles. The molecule has 0 spiro atoms. The first-order chi connectivity index (χ1) is 13.6. The molecule has 7 heteroatoms. The summed E-state index contributed by atoms with van der Waals surface area (Å²) in [6.07, 6.45) is 12.1. The van der Waals surface area contributed by atoms with Crippen molar-refractivity contribution in [1.29, 1.82) is 0 Å². The fourth-order valence-corrected chi connectivity index (χ4v) is 7.42. The molecule has 144 valence electrons. The summed E-state index contributed by atoms with van der Waals surface area (Å²) in [5.74, 6) is 3.73. The molecule has 0 unspecified atom stereocenters. The molecule has 2 aromatic heterocycles. The zero-order chi connectivity index (χ0) is 18.9. The van der Waals surface area contributed by atoms with Gasteiger partial charge in [-0.1, -0.05) is 46.7 Å². The third-order valence-corrected chi connectivity index (χ3v) is 8.31. The highest BCUT2D eigenvalue weighted by atomic mass is 35.5. The summed E-state index contributed by atoms with van der Waals surface area (Å²) in [7, 11) is 0. The Bertz CT molecular complexity index is 1060. The SMILES string of the molecule is Clc1ccc(C=Cc2nn3c(C45CC6CC(CC(C6)C4)C5)nnc3s2)c(Cl)c1. The summed E-state index contributed by atoms with van der Waals surface area (Å²) < 4.78 is 2.01. The Morgan fingerprint density at radius 3 is 2.39 bits per heavy atom. The fraction of sp³-hybridized carbons (Fsp3) is 0.476. The van der Waals surface area contributed by atoms with Crippen LogP contribution in [0.15, 0.2) is 18.2 Å². The van der Waals surface area contributed by atoms with E-state index in [-0.39, 0.29) is 5.41 Å². The second-order valence-corrected chi connectivity index (χ2v) is 10.7. The van der Waals surface area contributed by atoms with Gasteiger partial charge in [0.2, 0.25) is 4.96 Å². The van der Waals surface area contributed by atoms with Crippen molar-refractivity contribution < 1.29 is 0 Å². The van der Waals surface area contributed by atoms with Crippen LogP contribution in [0.3, 0.4) is 0 Å². The number of aromatic nitrogens is 4. The lowest BCUT2D eigenvalue weighted by atomic mass is 9.49. The molecule has 0 amide bonds. The minimum atomic E-state index is 0.197. The second-order valence-electron chi connectivity index (χ2n) is 8.86. The van der Waals surface area contributed by atoms with Gasteiger partial charge in [-0.05, 0) is 80.1 Å². The summed E-state index contributed by atoms with van der Waals surface area (Å²) >= 11 is 13.8. The maximum absolute atomic E-state index is 6.27. The van der Waals surface area contributed by atoms with Gasteiger partial charge in [0.05, 0.1) is 0 Å². The molecule has 4 nitrogen and oxygen atoms in total. The molecule has 0 aliphatic heterocycles. The minimum absolute atomic E-state index is 0.197. The molecule has 4 saturated carbocycles. The number of halogens is 2. The molecule has 1 aromatic carbocycles. The second kappa shape index (κ2) is 6.28. The molecule has 4 fully saturated rings. The molecule has 4 aliphatic rings. The lowest BCUT2D eigenvalue weighted by Gasteiger charge is -2.55. The molecule has 7 rings (SSSR count). The Balaban J connectivity index is 1.35. The number of fused-ring (bicyclic) bond motifs is 1. The maximum atomic E-state index is 6.27. The largest absolute Gasteiger partial charge is 0.234 e. The average Bonchev–Trinajstić information content (AvgIpc) is 3.20. The first-order valence-electron chi connectivity index (χ1n) is 9.94. The number of nitrogens with zero attached hydrogens (tertiary/aromatic N) is 4. The highest BCUT2D eigenvalue weighted by Crippen LogP contribution is 2.60. The van der Waals surface area contributed by atoms with Crippen molar-refractivity contribution in [3.05, 3.63) is 44.6 Å². The van der Waals surface area contributed by atoms with Gasteiger partial charge < -0.3 is 0 Å². The van der Waals surface area contributed by atoms with Crippen molar-refractivity contribution in [2.24, 2.45) is 17.8 Å². The van der Waals surface area contributed by atoms with Gasteiger partial charge in [0.25, 0.3) is 0 Å². The van der Waals surface area contributed by atoms with Crippen molar-refractivity contribution in [3.63, 3.8) is 0 Å². The quantitative estimate of drug-likeness (QED) is 0.501. The molecule has 0 atom stereocenters. The van der Waals surface area contributed by atoms with Gasteiger partial charge >= 0.3 is 0 Å². The predicted molar refractivity (Wildman–Crippen MR) is 114 cm³/mol. The van der Waals surface area contributed by atoms with E-state index in [1.54, 1.807) is 17.4 Å². The molecule has 4 aliphatic carbocycles. The Kier molecular flexibility index (Phi) is 3.91. The zero-order valence-electron chi connectivity index (χ0n) is 15.3. The Labute approximate surface area is 177 Å². The lowest BCUT2D eigenvalue weighted by molar-refractivity contribution is -0.0103. The third-order valence-electron chi connectivity index (χ3n) is 6.89. The van der Waals surface area contributed by atoms with Gasteiger partial charge in [0, 0.05) is 15.5 Å². The van der Waals surface area contributed by atoms with Crippen molar-refractivity contribution in [1.82, 2.24) is 19.8 Å². The van der Waals surface area contributed by atoms with Crippen LogP contribution in [0.1, 0.15) is 54.9 Å². The van der Waals surface area contributed by atoms with Gasteiger partial charge in [-0.3, -0.25) is 0 Å². The van der Waals surface area contributed by atoms with Crippen LogP contribution in [-0.2, 0) is 5.41 Å². The normalized spacial score (nSPS) is 31.4. The van der Waals surface area contributed by atoms with Crippen LogP contribution in [0.4, 0.5) is 0 Å². The van der Waals surface area contributed by atoms with Gasteiger partial charge in [-0.25, -0.2) is 0 Å². The first-order valence-corrected chi connectivity index (χ1v) is 11.5. The van der Waals surface area contributed by atoms with Crippen molar-refractivity contribution in [2.75, 3.05) is 0 Å². The van der Waals surface area contributed by atoms with E-state index in [9.17, 15) is 0 Å². The van der Waals surface area contributed by atoms with Crippen LogP contribution in [0.25, 0.3) is 17.1 Å². The lowest BCUT2D eigenvalue weighted by Crippen LogP contribution is -2.49. The van der Waals surface area contributed by atoms with Crippen LogP contribution in [-0.4, -0.2) is 19.8 Å². The van der Waals surface area contributed by atoms with E-state index < -0.39 is 0 Å². The van der Waals surface area contributed by atoms with E-state index in [1.807, 2.05) is 28.8 Å². The van der Waals surface area contributed by atoms with Crippen LogP contribution in [0, 0.1) is 17.8 Å². The smallest absolute Gasteiger partial charge is 0.186 e. The monoisotopic (exact) mass is 430 g/mol. The summed E-state index contributed by atoms with van der Waals surface area (Å²) in [6, 6.07) is 5.52. The maximum Gasteiger partial charge on any atom is 0.234 e. The van der Waals surface area contributed by atoms with Crippen LogP contribution < -0.4 is 0 Å². The number of rotatable bonds is 3. The highest BCUT2D eigenvalue weighted by molar-refractivity contribution is 7.17.